The molecule has 0 radical (unpaired) electrons. The lowest BCUT2D eigenvalue weighted by atomic mass is 9.83. The Hall–Kier alpha value is -2.81. The van der Waals surface area contributed by atoms with Gasteiger partial charge in [-0.05, 0) is 66.6 Å². The van der Waals surface area contributed by atoms with Crippen molar-refractivity contribution in [1.29, 1.82) is 0 Å². The lowest BCUT2D eigenvalue weighted by Gasteiger charge is -2.43. The van der Waals surface area contributed by atoms with Gasteiger partial charge in [0.15, 0.2) is 0 Å². The number of carbonyl (C=O) groups is 1. The van der Waals surface area contributed by atoms with Crippen LogP contribution in [0, 0.1) is 11.8 Å². The molecule has 0 spiro atoms. The topological polar surface area (TPSA) is 40.5 Å². The number of alkyl halides is 6. The molecule has 3 atom stereocenters. The van der Waals surface area contributed by atoms with E-state index in [-0.39, 0.29) is 18.3 Å². The van der Waals surface area contributed by atoms with E-state index in [0.29, 0.717) is 30.5 Å². The van der Waals surface area contributed by atoms with Crippen LogP contribution in [-0.2, 0) is 17.1 Å². The summed E-state index contributed by atoms with van der Waals surface area (Å²) in [7, 11) is 0. The first-order valence-electron chi connectivity index (χ1n) is 11.8. The largest absolute Gasteiger partial charge is 0.481 e. The number of hydrogen-bond donors (Lipinski definition) is 1. The molecule has 1 heterocycles. The van der Waals surface area contributed by atoms with Crippen LogP contribution >= 0.6 is 0 Å². The molecule has 1 aliphatic heterocycles. The second-order valence-corrected chi connectivity index (χ2v) is 9.56. The third-order valence-electron chi connectivity index (χ3n) is 6.45. The number of aliphatic carboxylic acids is 1. The van der Waals surface area contributed by atoms with Crippen LogP contribution < -0.4 is 0 Å². The van der Waals surface area contributed by atoms with Gasteiger partial charge in [0.2, 0.25) is 0 Å². The fourth-order valence-electron chi connectivity index (χ4n) is 4.65. The first-order chi connectivity index (χ1) is 16.8. The monoisotopic (exact) mass is 513 g/mol. The Morgan fingerprint density at radius 2 is 1.47 bits per heavy atom. The van der Waals surface area contributed by atoms with Crippen LogP contribution in [-0.4, -0.2) is 22.5 Å². The second kappa shape index (κ2) is 11.1. The Bertz CT molecular complexity index is 1040. The molecule has 9 heteroatoms. The van der Waals surface area contributed by atoms with E-state index >= 15 is 0 Å². The van der Waals surface area contributed by atoms with Gasteiger partial charge >= 0.3 is 18.3 Å². The molecule has 196 valence electrons. The quantitative estimate of drug-likeness (QED) is 0.302. The first-order valence-corrected chi connectivity index (χ1v) is 11.8. The molecule has 0 aliphatic carbocycles. The SMILES string of the molecule is CC(C)C=C[C@H](c1ccc(C(F)(F)F)cc1)N1CC[C@@H](CC(=O)O)C[C@H]1c1ccc(C(F)(F)F)cc1. The molecule has 3 nitrogen and oxygen atoms in total. The standard InChI is InChI=1S/C27H29F6NO2/c1-17(2)3-12-23(19-4-8-21(9-5-19)26(28,29)30)34-14-13-18(16-25(35)36)15-24(34)20-6-10-22(11-7-20)27(31,32)33/h3-12,17-18,23-24H,13-16H2,1-2H3,(H,35,36)/t18-,23-,24+/m1/s1. The minimum atomic E-state index is -4.49. The number of benzene rings is 2. The Morgan fingerprint density at radius 3 is 1.94 bits per heavy atom. The van der Waals surface area contributed by atoms with Crippen molar-refractivity contribution in [2.24, 2.45) is 11.8 Å². The van der Waals surface area contributed by atoms with Gasteiger partial charge in [0.05, 0.1) is 17.2 Å². The molecular weight excluding hydrogens is 484 g/mol. The number of piperidine rings is 1. The van der Waals surface area contributed by atoms with E-state index in [1.807, 2.05) is 30.9 Å². The average molecular weight is 514 g/mol. The number of rotatable bonds is 7. The van der Waals surface area contributed by atoms with Crippen molar-refractivity contribution in [2.45, 2.75) is 57.5 Å². The molecule has 0 unspecified atom stereocenters. The van der Waals surface area contributed by atoms with Gasteiger partial charge in [-0.25, -0.2) is 0 Å². The van der Waals surface area contributed by atoms with E-state index in [1.165, 1.54) is 24.3 Å². The summed E-state index contributed by atoms with van der Waals surface area (Å²) in [6, 6.07) is 8.86. The minimum Gasteiger partial charge on any atom is -0.481 e. The Labute approximate surface area is 206 Å². The molecular formula is C27H29F6NO2. The Kier molecular flexibility index (Phi) is 8.54. The molecule has 0 aromatic heterocycles. The van der Waals surface area contributed by atoms with Gasteiger partial charge in [0, 0.05) is 12.5 Å². The third kappa shape index (κ3) is 7.12. The number of carboxylic acid groups (broad SMARTS) is 1. The fraction of sp³-hybridized carbons (Fsp3) is 0.444. The minimum absolute atomic E-state index is 0.0578. The summed E-state index contributed by atoms with van der Waals surface area (Å²) >= 11 is 0. The highest BCUT2D eigenvalue weighted by Crippen LogP contribution is 2.42. The van der Waals surface area contributed by atoms with Gasteiger partial charge in [-0.15, -0.1) is 0 Å². The van der Waals surface area contributed by atoms with Crippen molar-refractivity contribution in [3.8, 4) is 0 Å². The second-order valence-electron chi connectivity index (χ2n) is 9.56. The predicted molar refractivity (Wildman–Crippen MR) is 124 cm³/mol. The van der Waals surface area contributed by atoms with Crippen LogP contribution in [0.4, 0.5) is 26.3 Å². The van der Waals surface area contributed by atoms with Crippen molar-refractivity contribution in [3.05, 3.63) is 82.9 Å². The van der Waals surface area contributed by atoms with E-state index in [2.05, 4.69) is 0 Å². The van der Waals surface area contributed by atoms with Crippen molar-refractivity contribution in [1.82, 2.24) is 4.90 Å². The third-order valence-corrected chi connectivity index (χ3v) is 6.45. The van der Waals surface area contributed by atoms with Crippen LogP contribution in [0.15, 0.2) is 60.7 Å². The lowest BCUT2D eigenvalue weighted by Crippen LogP contribution is -2.39. The molecule has 1 aliphatic rings. The number of allylic oxidation sites excluding steroid dienone is 1. The van der Waals surface area contributed by atoms with Gasteiger partial charge in [0.1, 0.15) is 0 Å². The summed E-state index contributed by atoms with van der Waals surface area (Å²) in [4.78, 5) is 13.4. The normalized spacial score (nSPS) is 20.7. The summed E-state index contributed by atoms with van der Waals surface area (Å²) in [6.45, 7) is 4.37. The molecule has 36 heavy (non-hydrogen) atoms. The van der Waals surface area contributed by atoms with E-state index in [1.54, 1.807) is 0 Å². The summed E-state index contributed by atoms with van der Waals surface area (Å²) in [6.07, 6.45) is -4.21. The van der Waals surface area contributed by atoms with Crippen LogP contribution in [0.5, 0.6) is 0 Å². The smallest absolute Gasteiger partial charge is 0.416 e. The highest BCUT2D eigenvalue weighted by atomic mass is 19.4. The summed E-state index contributed by atoms with van der Waals surface area (Å²) in [5, 5.41) is 9.30. The molecule has 2 aromatic carbocycles. The summed E-state index contributed by atoms with van der Waals surface area (Å²) < 4.78 is 78.7. The van der Waals surface area contributed by atoms with Crippen molar-refractivity contribution in [2.75, 3.05) is 6.54 Å². The number of halogens is 6. The number of likely N-dealkylation sites (tertiary alicyclic amines) is 1. The molecule has 1 fully saturated rings. The number of carboxylic acids is 1. The maximum atomic E-state index is 13.1. The molecule has 3 rings (SSSR count). The van der Waals surface area contributed by atoms with Crippen LogP contribution in [0.25, 0.3) is 0 Å². The molecule has 2 aromatic rings. The Balaban J connectivity index is 2.02. The maximum Gasteiger partial charge on any atom is 0.416 e. The number of nitrogens with zero attached hydrogens (tertiary/aromatic N) is 1. The highest BCUT2D eigenvalue weighted by molar-refractivity contribution is 5.67. The van der Waals surface area contributed by atoms with E-state index in [0.717, 1.165) is 24.3 Å². The highest BCUT2D eigenvalue weighted by Gasteiger charge is 2.36. The number of hydrogen-bond acceptors (Lipinski definition) is 2. The van der Waals surface area contributed by atoms with E-state index in [4.69, 9.17) is 0 Å². The van der Waals surface area contributed by atoms with Crippen molar-refractivity contribution < 1.29 is 36.2 Å². The maximum absolute atomic E-state index is 13.1. The zero-order valence-electron chi connectivity index (χ0n) is 20.0. The molecule has 1 saturated heterocycles. The van der Waals surface area contributed by atoms with Crippen molar-refractivity contribution >= 4 is 5.97 Å². The Morgan fingerprint density at radius 1 is 0.944 bits per heavy atom. The zero-order chi connectivity index (χ0) is 26.7. The van der Waals surface area contributed by atoms with Crippen LogP contribution in [0.2, 0.25) is 0 Å². The van der Waals surface area contributed by atoms with Crippen LogP contribution in [0.3, 0.4) is 0 Å². The van der Waals surface area contributed by atoms with Gasteiger partial charge in [-0.3, -0.25) is 9.69 Å². The molecule has 0 saturated carbocycles. The lowest BCUT2D eigenvalue weighted by molar-refractivity contribution is -0.139. The van der Waals surface area contributed by atoms with Gasteiger partial charge in [-0.2, -0.15) is 26.3 Å². The van der Waals surface area contributed by atoms with Crippen LogP contribution in [0.1, 0.15) is 67.4 Å². The van der Waals surface area contributed by atoms with E-state index in [9.17, 15) is 36.2 Å². The van der Waals surface area contributed by atoms with Gasteiger partial charge < -0.3 is 5.11 Å². The fourth-order valence-corrected chi connectivity index (χ4v) is 4.65. The molecule has 1 N–H and O–H groups in total. The summed E-state index contributed by atoms with van der Waals surface area (Å²) in [5.41, 5.74) is -0.326. The first kappa shape index (κ1) is 27.8. The molecule has 0 amide bonds. The average Bonchev–Trinajstić information content (AvgIpc) is 2.78. The zero-order valence-corrected chi connectivity index (χ0v) is 20.0. The van der Waals surface area contributed by atoms with E-state index < -0.39 is 41.5 Å². The molecule has 0 bridgehead atoms. The predicted octanol–water partition coefficient (Wildman–Crippen LogP) is 7.91. The van der Waals surface area contributed by atoms with Gasteiger partial charge in [0.25, 0.3) is 0 Å². The summed E-state index contributed by atoms with van der Waals surface area (Å²) in [5.74, 6) is -0.956. The van der Waals surface area contributed by atoms with Gasteiger partial charge in [-0.1, -0.05) is 50.3 Å². The van der Waals surface area contributed by atoms with Crippen molar-refractivity contribution in [3.63, 3.8) is 0 Å².